The Morgan fingerprint density at radius 2 is 0.639 bits per heavy atom. The van der Waals surface area contributed by atoms with Crippen molar-refractivity contribution in [2.45, 2.75) is 34.6 Å². The van der Waals surface area contributed by atoms with Crippen molar-refractivity contribution < 1.29 is 105 Å². The molecule has 0 saturated carbocycles. The molecule has 0 saturated heterocycles. The zero-order valence-electron chi connectivity index (χ0n) is 66.8. The van der Waals surface area contributed by atoms with Crippen LogP contribution in [0, 0.1) is 65.0 Å². The third-order valence-corrected chi connectivity index (χ3v) is 20.1. The van der Waals surface area contributed by atoms with Gasteiger partial charge in [-0.05, 0) is 148 Å². The molecule has 21 aromatic rings. The van der Waals surface area contributed by atoms with E-state index in [9.17, 15) is 0 Å². The van der Waals surface area contributed by atoms with Gasteiger partial charge in [0.15, 0.2) is 0 Å². The normalized spacial score (nSPS) is 10.5. The minimum Gasteiger partial charge on any atom is -0.457 e. The molecule has 0 amide bonds. The van der Waals surface area contributed by atoms with Gasteiger partial charge < -0.3 is 27.6 Å². The zero-order valence-corrected chi connectivity index (χ0v) is 78.7. The molecular weight excluding hydrogens is 2400 g/mol. The Labute approximate surface area is 777 Å². The van der Waals surface area contributed by atoms with Crippen LogP contribution in [-0.2, 0) is 101 Å². The maximum Gasteiger partial charge on any atom is 0.128 e. The first-order valence-corrected chi connectivity index (χ1v) is 38.6. The average molecular weight is 2470 g/mol. The molecule has 0 aliphatic rings. The average Bonchev–Trinajstić information content (AvgIpc) is 1.59. The van der Waals surface area contributed by atoms with Crippen LogP contribution < -0.4 is 4.74 Å². The molecule has 8 aromatic heterocycles. The molecule has 0 aliphatic carbocycles. The minimum atomic E-state index is 0. The number of fused-ring (bicyclic) bond motifs is 6. The first-order valence-electron chi connectivity index (χ1n) is 38.6. The molecule has 14 nitrogen and oxygen atoms in total. The fraction of sp³-hybridized carbons (Fsp3) is 0.0485. The second kappa shape index (κ2) is 41.8. The quantitative estimate of drug-likeness (QED) is 0.105. The van der Waals surface area contributed by atoms with Crippen LogP contribution in [-0.4, -0.2) is 62.1 Å². The molecule has 122 heavy (non-hydrogen) atoms. The molecule has 0 bridgehead atoms. The van der Waals surface area contributed by atoms with Gasteiger partial charge in [0.2, 0.25) is 0 Å². The van der Waals surface area contributed by atoms with E-state index in [0.29, 0.717) is 0 Å². The third-order valence-electron chi connectivity index (χ3n) is 20.1. The summed E-state index contributed by atoms with van der Waals surface area (Å²) in [6, 6.07) is 122. The molecule has 0 fully saturated rings. The monoisotopic (exact) mass is 2480 g/mol. The van der Waals surface area contributed by atoms with Gasteiger partial charge in [0.25, 0.3) is 0 Å². The predicted molar refractivity (Wildman–Crippen MR) is 470 cm³/mol. The molecule has 0 spiro atoms. The van der Waals surface area contributed by atoms with Gasteiger partial charge in [-0.1, -0.05) is 109 Å². The van der Waals surface area contributed by atoms with E-state index in [2.05, 4.69) is 254 Å². The minimum absolute atomic E-state index is 0. The summed E-state index contributed by atoms with van der Waals surface area (Å²) in [5, 5.41) is 3.60. The molecular formula is C103H78Ir5N13O-5. The van der Waals surface area contributed by atoms with E-state index in [0.717, 1.165) is 119 Å². The van der Waals surface area contributed by atoms with E-state index in [1.54, 1.807) is 0 Å². The van der Waals surface area contributed by atoms with Gasteiger partial charge in [-0.3, -0.25) is 39.3 Å². The number of rotatable bonds is 13. The van der Waals surface area contributed by atoms with Crippen molar-refractivity contribution in [2.24, 2.45) is 0 Å². The molecule has 19 heteroatoms. The number of aromatic nitrogens is 13. The number of nitrogens with zero attached hydrogens (tertiary/aromatic N) is 13. The molecule has 0 N–H and O–H groups in total. The van der Waals surface area contributed by atoms with Crippen molar-refractivity contribution in [3.8, 4) is 96.9 Å². The molecule has 0 unspecified atom stereocenters. The topological polar surface area (TPSA) is 121 Å². The van der Waals surface area contributed by atoms with E-state index in [1.807, 2.05) is 256 Å². The van der Waals surface area contributed by atoms with E-state index in [-0.39, 0.29) is 101 Å². The standard InChI is InChI=1S/C27H18N3.C23H19N2O.C20H13N4.C18H17N2.C15H11N2.5Ir/c1-3-9-20(10-4-1)27-28-17-18-29(27)22-15-16-26-24(19-22)23-13-7-8-14-25(23)30(26)21-11-5-2-6-12-21;1-17-15-21(26-20-11-7-4-8-12-20)16-18(2)22(17)25-14-13-24-23(25)19-9-5-3-6-10-19;1-2-7-15(8-3-1)20-22-13-14-23(20)24-17-10-5-4-9-16(17)19-18(24)11-6-12-21-19;1-13-11-14(2)17(15(3)12-13)20-10-9-19-18(20)16-7-5-4-6-8-16;1-3-7-13(8-4-1)15-16-11-12-17(15)14-9-5-2-6-10-14;;;;;/h1-9,11-19H;3-9,11-16H,1-2H3;1-7,9-14H;4-7,9-12H,1-3H3;1-7,9-12H;;;;;/q5*-1;;;;;. The van der Waals surface area contributed by atoms with E-state index >= 15 is 0 Å². The number of pyridine rings is 1. The summed E-state index contributed by atoms with van der Waals surface area (Å²) in [5.74, 6) is 6.14. The molecule has 13 aromatic carbocycles. The van der Waals surface area contributed by atoms with Crippen LogP contribution >= 0.6 is 0 Å². The van der Waals surface area contributed by atoms with Crippen molar-refractivity contribution in [3.63, 3.8) is 0 Å². The molecule has 21 rings (SSSR count). The van der Waals surface area contributed by atoms with Gasteiger partial charge in [0.05, 0.1) is 56.7 Å². The summed E-state index contributed by atoms with van der Waals surface area (Å²) in [7, 11) is 0. The first kappa shape index (κ1) is 89.0. The SMILES string of the molecule is Cc1cc(C)c(-n2ccnc2-c2[c-]cccc2)c(C)c1.Cc1cc(Oc2ccccc2)cc(C)c1-n1ccnc1-c1[c-]cccc1.[Ir].[Ir].[Ir].[Ir].[Ir].[c-]1ccccc1-c1nccn1-c1ccc2c(c1)c1ccccc1n2-c1ccccc1.[c-]1ccccc1-c1nccn1-c1ccccc1.[c-]1ccccc1-c1nccn1-n1c2ccccc2c2ncccc21. The van der Waals surface area contributed by atoms with Gasteiger partial charge in [0.1, 0.15) is 11.5 Å². The maximum absolute atomic E-state index is 6.00. The number of aryl methyl sites for hydroxylation is 5. The zero-order chi connectivity index (χ0) is 79.4. The Balaban J connectivity index is 0.000000140. The van der Waals surface area contributed by atoms with Crippen LogP contribution in [0.5, 0.6) is 11.5 Å². The second-order valence-corrected chi connectivity index (χ2v) is 28.0. The largest absolute Gasteiger partial charge is 0.457 e. The van der Waals surface area contributed by atoms with Gasteiger partial charge in [-0.25, -0.2) is 0 Å². The number of hydrogen-bond donors (Lipinski definition) is 0. The smallest absolute Gasteiger partial charge is 0.128 e. The Morgan fingerprint density at radius 3 is 1.13 bits per heavy atom. The summed E-state index contributed by atoms with van der Waals surface area (Å²) in [6.45, 7) is 10.6. The Kier molecular flexibility index (Phi) is 30.5. The number of hydrogen-bond acceptors (Lipinski definition) is 7. The van der Waals surface area contributed by atoms with Crippen LogP contribution in [0.25, 0.3) is 129 Å². The molecule has 0 atom stereocenters. The molecule has 8 heterocycles. The summed E-state index contributed by atoms with van der Waals surface area (Å²) < 4.78 is 21.0. The maximum atomic E-state index is 6.00. The van der Waals surface area contributed by atoms with E-state index in [1.165, 1.54) is 49.9 Å². The third kappa shape index (κ3) is 19.4. The van der Waals surface area contributed by atoms with Crippen LogP contribution in [0.1, 0.15) is 27.8 Å². The molecule has 611 valence electrons. The van der Waals surface area contributed by atoms with E-state index in [4.69, 9.17) is 4.74 Å². The van der Waals surface area contributed by atoms with E-state index < -0.39 is 0 Å². The summed E-state index contributed by atoms with van der Waals surface area (Å²) >= 11 is 0. The van der Waals surface area contributed by atoms with Crippen LogP contribution in [0.3, 0.4) is 0 Å². The van der Waals surface area contributed by atoms with Crippen molar-refractivity contribution in [2.75, 3.05) is 0 Å². The summed E-state index contributed by atoms with van der Waals surface area (Å²) in [5.41, 5.74) is 22.2. The number of imidazole rings is 5. The second-order valence-electron chi connectivity index (χ2n) is 28.0. The predicted octanol–water partition coefficient (Wildman–Crippen LogP) is 23.9. The number of benzene rings is 13. The fourth-order valence-corrected chi connectivity index (χ4v) is 15.2. The number of ether oxygens (including phenoxy) is 1. The summed E-state index contributed by atoms with van der Waals surface area (Å²) in [6.07, 6.45) is 20.9. The fourth-order valence-electron chi connectivity index (χ4n) is 15.2. The van der Waals surface area contributed by atoms with Crippen molar-refractivity contribution in [1.82, 2.24) is 62.1 Å². The Bertz CT molecular complexity index is 6760. The van der Waals surface area contributed by atoms with Crippen molar-refractivity contribution in [3.05, 3.63) is 442 Å². The Hall–Kier alpha value is -12.3. The molecule has 5 radical (unpaired) electrons. The van der Waals surface area contributed by atoms with Gasteiger partial charge >= 0.3 is 0 Å². The molecule has 0 aliphatic heterocycles. The summed E-state index contributed by atoms with van der Waals surface area (Å²) in [4.78, 5) is 27.1. The van der Waals surface area contributed by atoms with Gasteiger partial charge in [-0.2, -0.15) is 0 Å². The van der Waals surface area contributed by atoms with Gasteiger partial charge in [0, 0.05) is 213 Å². The van der Waals surface area contributed by atoms with Gasteiger partial charge in [-0.15, -0.1) is 179 Å². The van der Waals surface area contributed by atoms with Crippen LogP contribution in [0.2, 0.25) is 0 Å². The Morgan fingerprint density at radius 1 is 0.262 bits per heavy atom. The first-order chi connectivity index (χ1) is 57.7. The van der Waals surface area contributed by atoms with Crippen LogP contribution in [0.15, 0.2) is 384 Å². The van der Waals surface area contributed by atoms with Crippen molar-refractivity contribution >= 4 is 43.7 Å². The van der Waals surface area contributed by atoms with Crippen LogP contribution in [0.4, 0.5) is 0 Å². The van der Waals surface area contributed by atoms with Crippen molar-refractivity contribution in [1.29, 1.82) is 0 Å². The number of para-hydroxylation sites is 5.